The quantitative estimate of drug-likeness (QED) is 0.554. The molecule has 0 aliphatic carbocycles. The number of hydrogen-bond donors (Lipinski definition) is 1. The highest BCUT2D eigenvalue weighted by molar-refractivity contribution is 5.86. The van der Waals surface area contributed by atoms with Gasteiger partial charge in [-0.25, -0.2) is 4.99 Å². The van der Waals surface area contributed by atoms with Crippen molar-refractivity contribution in [2.75, 3.05) is 0 Å². The van der Waals surface area contributed by atoms with Crippen molar-refractivity contribution in [3.05, 3.63) is 42.5 Å². The van der Waals surface area contributed by atoms with E-state index in [9.17, 15) is 0 Å². The number of nitrogens with zero attached hydrogens (tertiary/aromatic N) is 1. The molecule has 2 N–H and O–H groups in total. The maximum absolute atomic E-state index is 5.60. The molecule has 13 heavy (non-hydrogen) atoms. The van der Waals surface area contributed by atoms with Gasteiger partial charge in [0.25, 0.3) is 0 Å². The van der Waals surface area contributed by atoms with Crippen LogP contribution < -0.4 is 5.73 Å². The van der Waals surface area contributed by atoms with Gasteiger partial charge < -0.3 is 5.73 Å². The Bertz CT molecular complexity index is 312. The van der Waals surface area contributed by atoms with E-state index in [-0.39, 0.29) is 0 Å². The van der Waals surface area contributed by atoms with Crippen LogP contribution in [0.5, 0.6) is 0 Å². The molecule has 0 unspecified atom stereocenters. The summed E-state index contributed by atoms with van der Waals surface area (Å²) in [5, 5.41) is 0. The van der Waals surface area contributed by atoms with Crippen LogP contribution in [0, 0.1) is 0 Å². The first kappa shape index (κ1) is 9.52. The minimum Gasteiger partial charge on any atom is -0.387 e. The highest BCUT2D eigenvalue weighted by Gasteiger charge is 1.95. The monoisotopic (exact) mass is 174 g/mol. The van der Waals surface area contributed by atoms with Crippen molar-refractivity contribution < 1.29 is 0 Å². The Hall–Kier alpha value is -1.57. The molecular weight excluding hydrogens is 160 g/mol. The van der Waals surface area contributed by atoms with Crippen LogP contribution in [-0.4, -0.2) is 5.84 Å². The summed E-state index contributed by atoms with van der Waals surface area (Å²) < 4.78 is 0. The van der Waals surface area contributed by atoms with E-state index in [1.165, 1.54) is 0 Å². The Morgan fingerprint density at radius 1 is 1.38 bits per heavy atom. The minimum absolute atomic E-state index is 0.619. The van der Waals surface area contributed by atoms with Gasteiger partial charge in [-0.1, -0.05) is 43.8 Å². The van der Waals surface area contributed by atoms with E-state index in [2.05, 4.69) is 11.6 Å². The molecule has 1 aromatic carbocycles. The number of benzene rings is 1. The van der Waals surface area contributed by atoms with Crippen LogP contribution in [0.2, 0.25) is 0 Å². The molecule has 1 aromatic rings. The Morgan fingerprint density at radius 2 is 2.00 bits per heavy atom. The van der Waals surface area contributed by atoms with E-state index >= 15 is 0 Å². The van der Waals surface area contributed by atoms with E-state index < -0.39 is 0 Å². The van der Waals surface area contributed by atoms with Crippen molar-refractivity contribution in [2.45, 2.75) is 13.3 Å². The Kier molecular flexibility index (Phi) is 3.26. The molecule has 0 radical (unpaired) electrons. The maximum Gasteiger partial charge on any atom is 0.0993 e. The summed E-state index contributed by atoms with van der Waals surface area (Å²) >= 11 is 0. The van der Waals surface area contributed by atoms with Crippen LogP contribution in [0.4, 0.5) is 0 Å². The highest BCUT2D eigenvalue weighted by Crippen LogP contribution is 2.12. The highest BCUT2D eigenvalue weighted by atomic mass is 14.9. The van der Waals surface area contributed by atoms with Gasteiger partial charge in [-0.05, 0) is 5.56 Å². The Morgan fingerprint density at radius 3 is 2.54 bits per heavy atom. The number of nitrogens with two attached hydrogens (primary N) is 1. The van der Waals surface area contributed by atoms with Gasteiger partial charge in [0.15, 0.2) is 0 Å². The molecule has 2 nitrogen and oxygen atoms in total. The lowest BCUT2D eigenvalue weighted by Crippen LogP contribution is -2.09. The summed E-state index contributed by atoms with van der Waals surface area (Å²) in [5.74, 6) is 0.619. The molecule has 0 amide bonds. The molecule has 0 atom stereocenters. The summed E-state index contributed by atoms with van der Waals surface area (Å²) in [7, 11) is 0. The molecule has 0 aliphatic heterocycles. The van der Waals surface area contributed by atoms with Crippen molar-refractivity contribution in [3.8, 4) is 0 Å². The number of aliphatic imine (C=N–C) groups is 1. The summed E-state index contributed by atoms with van der Waals surface area (Å²) in [6, 6.07) is 9.81. The number of rotatable bonds is 3. The molecule has 0 fully saturated rings. The van der Waals surface area contributed by atoms with E-state index in [1.54, 1.807) is 0 Å². The molecule has 2 heteroatoms. The second-order valence-electron chi connectivity index (χ2n) is 2.77. The van der Waals surface area contributed by atoms with Crippen molar-refractivity contribution in [1.82, 2.24) is 0 Å². The predicted molar refractivity (Wildman–Crippen MR) is 57.4 cm³/mol. The second-order valence-corrected chi connectivity index (χ2v) is 2.77. The van der Waals surface area contributed by atoms with E-state index in [1.807, 2.05) is 37.3 Å². The number of hydrogen-bond acceptors (Lipinski definition) is 1. The van der Waals surface area contributed by atoms with Gasteiger partial charge in [0.2, 0.25) is 0 Å². The van der Waals surface area contributed by atoms with Gasteiger partial charge >= 0.3 is 0 Å². The fraction of sp³-hybridized carbons (Fsp3) is 0.182. The van der Waals surface area contributed by atoms with E-state index in [4.69, 9.17) is 5.73 Å². The van der Waals surface area contributed by atoms with Crippen LogP contribution in [-0.2, 0) is 0 Å². The molecule has 1 rings (SSSR count). The third-order valence-corrected chi connectivity index (χ3v) is 1.75. The molecule has 0 spiro atoms. The van der Waals surface area contributed by atoms with Gasteiger partial charge in [0.05, 0.1) is 11.5 Å². The van der Waals surface area contributed by atoms with Crippen LogP contribution in [0.15, 0.2) is 41.9 Å². The fourth-order valence-corrected chi connectivity index (χ4v) is 0.947. The van der Waals surface area contributed by atoms with Crippen molar-refractivity contribution in [1.29, 1.82) is 0 Å². The van der Waals surface area contributed by atoms with Crippen LogP contribution in [0.1, 0.15) is 18.9 Å². The normalized spacial score (nSPS) is 11.3. The average Bonchev–Trinajstić information content (AvgIpc) is 2.19. The number of amidine groups is 1. The predicted octanol–water partition coefficient (Wildman–Crippen LogP) is 2.42. The lowest BCUT2D eigenvalue weighted by molar-refractivity contribution is 1.24. The zero-order valence-electron chi connectivity index (χ0n) is 7.83. The summed E-state index contributed by atoms with van der Waals surface area (Å²) in [5.41, 5.74) is 7.34. The first-order chi connectivity index (χ1) is 6.24. The van der Waals surface area contributed by atoms with Crippen molar-refractivity contribution >= 4 is 11.5 Å². The van der Waals surface area contributed by atoms with Gasteiger partial charge in [-0.15, -0.1) is 0 Å². The van der Waals surface area contributed by atoms with Crippen LogP contribution >= 0.6 is 0 Å². The SMILES string of the molecule is C=C(N=C(N)CC)c1ccccc1. The van der Waals surface area contributed by atoms with Crippen molar-refractivity contribution in [2.24, 2.45) is 10.7 Å². The average molecular weight is 174 g/mol. The van der Waals surface area contributed by atoms with Crippen molar-refractivity contribution in [3.63, 3.8) is 0 Å². The van der Waals surface area contributed by atoms with E-state index in [0.29, 0.717) is 5.84 Å². The molecule has 0 saturated carbocycles. The maximum atomic E-state index is 5.60. The van der Waals surface area contributed by atoms with Gasteiger partial charge in [-0.2, -0.15) is 0 Å². The lowest BCUT2D eigenvalue weighted by atomic mass is 10.2. The molecule has 0 bridgehead atoms. The minimum atomic E-state index is 0.619. The first-order valence-corrected chi connectivity index (χ1v) is 4.31. The van der Waals surface area contributed by atoms with Gasteiger partial charge in [-0.3, -0.25) is 0 Å². The molecule has 0 aromatic heterocycles. The summed E-state index contributed by atoms with van der Waals surface area (Å²) in [6.07, 6.45) is 0.756. The Balaban J connectivity index is 2.81. The molecule has 0 aliphatic rings. The zero-order chi connectivity index (χ0) is 9.68. The standard InChI is InChI=1S/C11H14N2/c1-3-11(12)13-9(2)10-7-5-4-6-8-10/h4-8H,2-3H2,1H3,(H2,12,13). The molecule has 0 heterocycles. The fourth-order valence-electron chi connectivity index (χ4n) is 0.947. The third-order valence-electron chi connectivity index (χ3n) is 1.75. The first-order valence-electron chi connectivity index (χ1n) is 4.31. The molecule has 68 valence electrons. The summed E-state index contributed by atoms with van der Waals surface area (Å²) in [4.78, 5) is 4.17. The van der Waals surface area contributed by atoms with Gasteiger partial charge in [0.1, 0.15) is 0 Å². The summed E-state index contributed by atoms with van der Waals surface area (Å²) in [6.45, 7) is 5.81. The zero-order valence-corrected chi connectivity index (χ0v) is 7.83. The molecule has 0 saturated heterocycles. The Labute approximate surface area is 78.8 Å². The third kappa shape index (κ3) is 2.75. The van der Waals surface area contributed by atoms with E-state index in [0.717, 1.165) is 17.7 Å². The smallest absolute Gasteiger partial charge is 0.0993 e. The second kappa shape index (κ2) is 4.45. The largest absolute Gasteiger partial charge is 0.387 e. The lowest BCUT2D eigenvalue weighted by Gasteiger charge is -2.00. The molecular formula is C11H14N2. The van der Waals surface area contributed by atoms with Gasteiger partial charge in [0, 0.05) is 6.42 Å². The van der Waals surface area contributed by atoms with Crippen LogP contribution in [0.3, 0.4) is 0 Å². The van der Waals surface area contributed by atoms with Crippen LogP contribution in [0.25, 0.3) is 5.70 Å². The topological polar surface area (TPSA) is 38.4 Å².